The van der Waals surface area contributed by atoms with E-state index in [1.807, 2.05) is 47.8 Å². The van der Waals surface area contributed by atoms with Gasteiger partial charge in [0.05, 0.1) is 16.9 Å². The minimum Gasteiger partial charge on any atom is -0.482 e. The standard InChI is InChI=1S/C22H21N3O3S/c1-14(2)16-5-3-4-6-17(16)24-21(26)10-25-19-9-15(18-12-29-13-23-18)7-8-20(19)28-11-22(25)27/h3-9,12-14H,10-11H2,1-2H3,(H,24,26). The molecule has 0 saturated heterocycles. The molecule has 7 heteroatoms. The smallest absolute Gasteiger partial charge is 0.265 e. The molecule has 0 bridgehead atoms. The molecule has 0 spiro atoms. The summed E-state index contributed by atoms with van der Waals surface area (Å²) in [7, 11) is 0. The number of nitrogens with zero attached hydrogens (tertiary/aromatic N) is 2. The molecule has 1 aliphatic rings. The Morgan fingerprint density at radius 2 is 2.10 bits per heavy atom. The first-order valence-corrected chi connectivity index (χ1v) is 10.3. The van der Waals surface area contributed by atoms with E-state index in [1.165, 1.54) is 16.2 Å². The largest absolute Gasteiger partial charge is 0.482 e. The fourth-order valence-electron chi connectivity index (χ4n) is 3.34. The van der Waals surface area contributed by atoms with Gasteiger partial charge in [0.15, 0.2) is 6.61 Å². The van der Waals surface area contributed by atoms with E-state index in [1.54, 1.807) is 5.51 Å². The molecule has 3 aromatic rings. The fourth-order valence-corrected chi connectivity index (χ4v) is 3.90. The molecule has 0 radical (unpaired) electrons. The van der Waals surface area contributed by atoms with Gasteiger partial charge in [0.25, 0.3) is 5.91 Å². The summed E-state index contributed by atoms with van der Waals surface area (Å²) in [6.45, 7) is 3.99. The van der Waals surface area contributed by atoms with Crippen molar-refractivity contribution in [3.8, 4) is 17.0 Å². The molecule has 4 rings (SSSR count). The van der Waals surface area contributed by atoms with Crippen molar-refractivity contribution in [3.05, 3.63) is 58.9 Å². The van der Waals surface area contributed by atoms with Gasteiger partial charge in [-0.25, -0.2) is 4.98 Å². The van der Waals surface area contributed by atoms with Crippen LogP contribution in [0.4, 0.5) is 11.4 Å². The first-order valence-electron chi connectivity index (χ1n) is 9.37. The average molecular weight is 407 g/mol. The van der Waals surface area contributed by atoms with Crippen molar-refractivity contribution in [2.75, 3.05) is 23.4 Å². The van der Waals surface area contributed by atoms with E-state index in [0.29, 0.717) is 11.4 Å². The molecule has 1 aliphatic heterocycles. The van der Waals surface area contributed by atoms with Crippen LogP contribution in [0.15, 0.2) is 53.4 Å². The molecule has 2 amide bonds. The zero-order valence-electron chi connectivity index (χ0n) is 16.2. The van der Waals surface area contributed by atoms with Gasteiger partial charge in [-0.1, -0.05) is 32.0 Å². The molecule has 2 heterocycles. The monoisotopic (exact) mass is 407 g/mol. The lowest BCUT2D eigenvalue weighted by molar-refractivity contribution is -0.123. The lowest BCUT2D eigenvalue weighted by Crippen LogP contribution is -2.43. The Bertz CT molecular complexity index is 1050. The van der Waals surface area contributed by atoms with Gasteiger partial charge in [-0.2, -0.15) is 0 Å². The maximum Gasteiger partial charge on any atom is 0.265 e. The Hall–Kier alpha value is -3.19. The van der Waals surface area contributed by atoms with Crippen molar-refractivity contribution in [2.24, 2.45) is 0 Å². The Morgan fingerprint density at radius 3 is 2.86 bits per heavy atom. The van der Waals surface area contributed by atoms with E-state index in [-0.39, 0.29) is 30.9 Å². The summed E-state index contributed by atoms with van der Waals surface area (Å²) < 4.78 is 5.55. The van der Waals surface area contributed by atoms with Crippen molar-refractivity contribution in [1.29, 1.82) is 0 Å². The molecule has 6 nitrogen and oxygen atoms in total. The molecule has 148 valence electrons. The minimum absolute atomic E-state index is 0.0812. The second-order valence-corrected chi connectivity index (χ2v) is 7.83. The van der Waals surface area contributed by atoms with E-state index in [2.05, 4.69) is 24.1 Å². The van der Waals surface area contributed by atoms with Crippen LogP contribution in [0.1, 0.15) is 25.3 Å². The Balaban J connectivity index is 1.59. The maximum atomic E-state index is 12.8. The number of anilines is 2. The molecular weight excluding hydrogens is 386 g/mol. The van der Waals surface area contributed by atoms with Crippen LogP contribution in [-0.2, 0) is 9.59 Å². The first-order chi connectivity index (χ1) is 14.0. The number of nitrogens with one attached hydrogen (secondary N) is 1. The summed E-state index contributed by atoms with van der Waals surface area (Å²) >= 11 is 1.50. The van der Waals surface area contributed by atoms with E-state index >= 15 is 0 Å². The highest BCUT2D eigenvalue weighted by atomic mass is 32.1. The number of rotatable bonds is 5. The summed E-state index contributed by atoms with van der Waals surface area (Å²) in [4.78, 5) is 31.1. The SMILES string of the molecule is CC(C)c1ccccc1NC(=O)CN1C(=O)COc2ccc(-c3cscn3)cc21. The molecule has 0 unspecified atom stereocenters. The number of para-hydroxylation sites is 1. The third-order valence-electron chi connectivity index (χ3n) is 4.79. The van der Waals surface area contributed by atoms with Gasteiger partial charge in [0.2, 0.25) is 5.91 Å². The average Bonchev–Trinajstić information content (AvgIpc) is 3.25. The number of carbonyl (C=O) groups is 2. The molecule has 0 fully saturated rings. The number of benzene rings is 2. The molecular formula is C22H21N3O3S. The number of fused-ring (bicyclic) bond motifs is 1. The number of hydrogen-bond acceptors (Lipinski definition) is 5. The molecule has 0 atom stereocenters. The maximum absolute atomic E-state index is 12.8. The topological polar surface area (TPSA) is 71.5 Å². The highest BCUT2D eigenvalue weighted by Crippen LogP contribution is 2.36. The molecule has 0 saturated carbocycles. The Kier molecular flexibility index (Phi) is 5.31. The fraction of sp³-hybridized carbons (Fsp3) is 0.227. The third-order valence-corrected chi connectivity index (χ3v) is 5.38. The molecule has 0 aliphatic carbocycles. The zero-order valence-corrected chi connectivity index (χ0v) is 17.0. The minimum atomic E-state index is -0.252. The van der Waals surface area contributed by atoms with Crippen molar-refractivity contribution in [1.82, 2.24) is 4.98 Å². The van der Waals surface area contributed by atoms with E-state index in [9.17, 15) is 9.59 Å². The number of carbonyl (C=O) groups excluding carboxylic acids is 2. The van der Waals surface area contributed by atoms with Crippen molar-refractivity contribution < 1.29 is 14.3 Å². The lowest BCUT2D eigenvalue weighted by Gasteiger charge is -2.29. The highest BCUT2D eigenvalue weighted by Gasteiger charge is 2.28. The van der Waals surface area contributed by atoms with Crippen LogP contribution in [0, 0.1) is 0 Å². The van der Waals surface area contributed by atoms with Gasteiger partial charge in [0, 0.05) is 16.6 Å². The second kappa shape index (κ2) is 8.05. The number of thiazole rings is 1. The van der Waals surface area contributed by atoms with Gasteiger partial charge in [-0.05, 0) is 35.7 Å². The summed E-state index contributed by atoms with van der Waals surface area (Å²) in [5.41, 5.74) is 5.86. The molecule has 1 N–H and O–H groups in total. The summed E-state index contributed by atoms with van der Waals surface area (Å²) in [6, 6.07) is 13.3. The number of amides is 2. The van der Waals surface area contributed by atoms with Gasteiger partial charge in [-0.3, -0.25) is 14.5 Å². The van der Waals surface area contributed by atoms with Crippen molar-refractivity contribution >= 4 is 34.5 Å². The highest BCUT2D eigenvalue weighted by molar-refractivity contribution is 7.07. The predicted molar refractivity (Wildman–Crippen MR) is 115 cm³/mol. The van der Waals surface area contributed by atoms with Crippen molar-refractivity contribution in [3.63, 3.8) is 0 Å². The van der Waals surface area contributed by atoms with Crippen LogP contribution in [-0.4, -0.2) is 29.9 Å². The molecule has 29 heavy (non-hydrogen) atoms. The predicted octanol–water partition coefficient (Wildman–Crippen LogP) is 4.30. The summed E-state index contributed by atoms with van der Waals surface area (Å²) in [6.07, 6.45) is 0. The van der Waals surface area contributed by atoms with Gasteiger partial charge in [0.1, 0.15) is 12.3 Å². The molecule has 2 aromatic carbocycles. The second-order valence-electron chi connectivity index (χ2n) is 7.11. The third kappa shape index (κ3) is 4.00. The van der Waals surface area contributed by atoms with E-state index < -0.39 is 0 Å². The lowest BCUT2D eigenvalue weighted by atomic mass is 10.0. The van der Waals surface area contributed by atoms with Gasteiger partial charge in [-0.15, -0.1) is 11.3 Å². The number of hydrogen-bond donors (Lipinski definition) is 1. The van der Waals surface area contributed by atoms with Crippen molar-refractivity contribution in [2.45, 2.75) is 19.8 Å². The Labute approximate surface area is 173 Å². The normalized spacial score (nSPS) is 13.2. The van der Waals surface area contributed by atoms with E-state index in [0.717, 1.165) is 22.5 Å². The van der Waals surface area contributed by atoms with Crippen LogP contribution < -0.4 is 15.0 Å². The van der Waals surface area contributed by atoms with Gasteiger partial charge >= 0.3 is 0 Å². The summed E-state index contributed by atoms with van der Waals surface area (Å²) in [5, 5.41) is 4.89. The first kappa shape index (κ1) is 19.1. The number of aromatic nitrogens is 1. The Morgan fingerprint density at radius 1 is 1.28 bits per heavy atom. The van der Waals surface area contributed by atoms with Crippen LogP contribution in [0.5, 0.6) is 5.75 Å². The van der Waals surface area contributed by atoms with Crippen LogP contribution in [0.3, 0.4) is 0 Å². The summed E-state index contributed by atoms with van der Waals surface area (Å²) in [5.74, 6) is 0.357. The van der Waals surface area contributed by atoms with Crippen LogP contribution >= 0.6 is 11.3 Å². The zero-order chi connectivity index (χ0) is 20.4. The van der Waals surface area contributed by atoms with Crippen LogP contribution in [0.2, 0.25) is 0 Å². The van der Waals surface area contributed by atoms with Gasteiger partial charge < -0.3 is 10.1 Å². The number of ether oxygens (including phenoxy) is 1. The van der Waals surface area contributed by atoms with E-state index in [4.69, 9.17) is 4.74 Å². The quantitative estimate of drug-likeness (QED) is 0.685. The van der Waals surface area contributed by atoms with Crippen LogP contribution in [0.25, 0.3) is 11.3 Å². The molecule has 1 aromatic heterocycles.